The maximum Gasteiger partial charge on any atom is 0.263 e. The second kappa shape index (κ2) is 7.85. The Balaban J connectivity index is 1.83. The molecule has 1 aromatic heterocycles. The second-order valence-corrected chi connectivity index (χ2v) is 6.41. The van der Waals surface area contributed by atoms with Gasteiger partial charge in [0.25, 0.3) is 11.5 Å². The molecule has 0 aliphatic heterocycles. The molecule has 0 aliphatic carbocycles. The molecule has 1 amide bonds. The van der Waals surface area contributed by atoms with Crippen molar-refractivity contribution < 1.29 is 4.79 Å². The Kier molecular flexibility index (Phi) is 5.36. The third-order valence-electron chi connectivity index (χ3n) is 3.79. The predicted octanol–water partition coefficient (Wildman–Crippen LogP) is 3.87. The third-order valence-corrected chi connectivity index (χ3v) is 4.51. The van der Waals surface area contributed by atoms with E-state index >= 15 is 0 Å². The molecule has 0 saturated heterocycles. The summed E-state index contributed by atoms with van der Waals surface area (Å²) in [6.45, 7) is 0.433. The van der Waals surface area contributed by atoms with Crippen LogP contribution in [0.15, 0.2) is 82.6 Å². The lowest BCUT2D eigenvalue weighted by Gasteiger charge is -2.09. The molecule has 0 saturated carbocycles. The zero-order chi connectivity index (χ0) is 17.6. The van der Waals surface area contributed by atoms with Gasteiger partial charge in [-0.15, -0.1) is 11.8 Å². The molecule has 0 aliphatic rings. The van der Waals surface area contributed by atoms with E-state index in [4.69, 9.17) is 0 Å². The largest absolute Gasteiger partial charge is 0.322 e. The number of anilines is 1. The van der Waals surface area contributed by atoms with Crippen LogP contribution in [-0.4, -0.2) is 16.7 Å². The number of hydrogen-bond acceptors (Lipinski definition) is 3. The van der Waals surface area contributed by atoms with Gasteiger partial charge in [-0.1, -0.05) is 36.4 Å². The Morgan fingerprint density at radius 2 is 1.84 bits per heavy atom. The van der Waals surface area contributed by atoms with Gasteiger partial charge in [-0.05, 0) is 42.2 Å². The molecule has 5 heteroatoms. The van der Waals surface area contributed by atoms with Crippen molar-refractivity contribution in [1.82, 2.24) is 4.57 Å². The summed E-state index contributed by atoms with van der Waals surface area (Å²) in [5.41, 5.74) is 1.52. The van der Waals surface area contributed by atoms with Crippen molar-refractivity contribution in [1.29, 1.82) is 0 Å². The number of nitrogens with zero attached hydrogens (tertiary/aromatic N) is 1. The molecule has 0 atom stereocenters. The minimum Gasteiger partial charge on any atom is -0.322 e. The first-order chi connectivity index (χ1) is 12.2. The summed E-state index contributed by atoms with van der Waals surface area (Å²) in [7, 11) is 0. The van der Waals surface area contributed by atoms with E-state index in [1.807, 2.05) is 60.9 Å². The summed E-state index contributed by atoms with van der Waals surface area (Å²) in [4.78, 5) is 26.2. The lowest BCUT2D eigenvalue weighted by atomic mass is 10.2. The number of aromatic nitrogens is 1. The van der Waals surface area contributed by atoms with E-state index < -0.39 is 5.91 Å². The van der Waals surface area contributed by atoms with Crippen LogP contribution in [0.4, 0.5) is 5.69 Å². The van der Waals surface area contributed by atoms with Crippen molar-refractivity contribution in [3.63, 3.8) is 0 Å². The number of benzene rings is 2. The van der Waals surface area contributed by atoms with Gasteiger partial charge in [0.2, 0.25) is 0 Å². The topological polar surface area (TPSA) is 51.1 Å². The van der Waals surface area contributed by atoms with E-state index in [0.717, 1.165) is 10.5 Å². The standard InChI is InChI=1S/C20H18N2O2S/c1-25-17-10-5-9-16(13-17)21-19(23)18-11-6-12-22(20(18)24)14-15-7-3-2-4-8-15/h2-13H,14H2,1H3,(H,21,23). The highest BCUT2D eigenvalue weighted by Gasteiger charge is 2.12. The number of pyridine rings is 1. The molecule has 1 heterocycles. The molecule has 0 radical (unpaired) electrons. The van der Waals surface area contributed by atoms with Gasteiger partial charge in [0.15, 0.2) is 0 Å². The molecule has 0 bridgehead atoms. The van der Waals surface area contributed by atoms with Crippen LogP contribution in [0.1, 0.15) is 15.9 Å². The maximum absolute atomic E-state index is 12.6. The molecule has 0 unspecified atom stereocenters. The molecule has 0 fully saturated rings. The van der Waals surface area contributed by atoms with Crippen molar-refractivity contribution in [2.24, 2.45) is 0 Å². The van der Waals surface area contributed by atoms with Gasteiger partial charge in [0.05, 0.1) is 6.54 Å². The summed E-state index contributed by atoms with van der Waals surface area (Å²) >= 11 is 1.60. The smallest absolute Gasteiger partial charge is 0.263 e. The SMILES string of the molecule is CSc1cccc(NC(=O)c2cccn(Cc3ccccc3)c2=O)c1. The minimum atomic E-state index is -0.398. The van der Waals surface area contributed by atoms with E-state index in [1.165, 1.54) is 0 Å². The van der Waals surface area contributed by atoms with Crippen LogP contribution in [0, 0.1) is 0 Å². The molecule has 0 spiro atoms. The number of hydrogen-bond donors (Lipinski definition) is 1. The molecular weight excluding hydrogens is 332 g/mol. The molecule has 4 nitrogen and oxygen atoms in total. The van der Waals surface area contributed by atoms with Crippen molar-refractivity contribution in [2.45, 2.75) is 11.4 Å². The van der Waals surface area contributed by atoms with Gasteiger partial charge in [-0.25, -0.2) is 0 Å². The second-order valence-electron chi connectivity index (χ2n) is 5.53. The van der Waals surface area contributed by atoms with Crippen molar-refractivity contribution in [3.8, 4) is 0 Å². The lowest BCUT2D eigenvalue weighted by molar-refractivity contribution is 0.102. The highest BCUT2D eigenvalue weighted by Crippen LogP contribution is 2.19. The van der Waals surface area contributed by atoms with E-state index in [0.29, 0.717) is 12.2 Å². The predicted molar refractivity (Wildman–Crippen MR) is 102 cm³/mol. The van der Waals surface area contributed by atoms with Gasteiger partial charge in [0.1, 0.15) is 5.56 Å². The van der Waals surface area contributed by atoms with Crippen LogP contribution >= 0.6 is 11.8 Å². The van der Waals surface area contributed by atoms with E-state index in [2.05, 4.69) is 5.32 Å². The fourth-order valence-corrected chi connectivity index (χ4v) is 2.97. The van der Waals surface area contributed by atoms with Gasteiger partial charge in [-0.2, -0.15) is 0 Å². The van der Waals surface area contributed by atoms with Gasteiger partial charge >= 0.3 is 0 Å². The number of rotatable bonds is 5. The zero-order valence-corrected chi connectivity index (χ0v) is 14.6. The molecule has 1 N–H and O–H groups in total. The van der Waals surface area contributed by atoms with Crippen LogP contribution in [0.2, 0.25) is 0 Å². The molecule has 25 heavy (non-hydrogen) atoms. The number of nitrogens with one attached hydrogen (secondary N) is 1. The quantitative estimate of drug-likeness (QED) is 0.711. The summed E-state index contributed by atoms with van der Waals surface area (Å²) in [5.74, 6) is -0.398. The number of carbonyl (C=O) groups excluding carboxylic acids is 1. The highest BCUT2D eigenvalue weighted by molar-refractivity contribution is 7.98. The van der Waals surface area contributed by atoms with Gasteiger partial charge in [0, 0.05) is 16.8 Å². The molecule has 3 aromatic rings. The molecular formula is C20H18N2O2S. The third kappa shape index (κ3) is 4.19. The van der Waals surface area contributed by atoms with E-state index in [9.17, 15) is 9.59 Å². The Morgan fingerprint density at radius 3 is 2.60 bits per heavy atom. The summed E-state index contributed by atoms with van der Waals surface area (Å²) < 4.78 is 1.54. The van der Waals surface area contributed by atoms with Crippen LogP contribution in [0.3, 0.4) is 0 Å². The van der Waals surface area contributed by atoms with Crippen LogP contribution < -0.4 is 10.9 Å². The first kappa shape index (κ1) is 17.0. The van der Waals surface area contributed by atoms with Crippen molar-refractivity contribution >= 4 is 23.4 Å². The monoisotopic (exact) mass is 350 g/mol. The maximum atomic E-state index is 12.6. The van der Waals surface area contributed by atoms with E-state index in [-0.39, 0.29) is 11.1 Å². The average molecular weight is 350 g/mol. The summed E-state index contributed by atoms with van der Waals surface area (Å²) in [6.07, 6.45) is 3.67. The Bertz CT molecular complexity index is 936. The fourth-order valence-electron chi connectivity index (χ4n) is 2.51. The molecule has 2 aromatic carbocycles. The van der Waals surface area contributed by atoms with Crippen molar-refractivity contribution in [2.75, 3.05) is 11.6 Å². The van der Waals surface area contributed by atoms with Crippen molar-refractivity contribution in [3.05, 3.63) is 94.4 Å². The Hall–Kier alpha value is -2.79. The molecule has 3 rings (SSSR count). The lowest BCUT2D eigenvalue weighted by Crippen LogP contribution is -2.29. The Labute approximate surface area is 150 Å². The molecule has 126 valence electrons. The first-order valence-corrected chi connectivity index (χ1v) is 9.08. The number of thioether (sulfide) groups is 1. The Morgan fingerprint density at radius 1 is 1.04 bits per heavy atom. The first-order valence-electron chi connectivity index (χ1n) is 7.86. The zero-order valence-electron chi connectivity index (χ0n) is 13.8. The van der Waals surface area contributed by atoms with Gasteiger partial charge < -0.3 is 9.88 Å². The van der Waals surface area contributed by atoms with Gasteiger partial charge in [-0.3, -0.25) is 9.59 Å². The normalized spacial score (nSPS) is 10.4. The number of carbonyl (C=O) groups is 1. The summed E-state index contributed by atoms with van der Waals surface area (Å²) in [6, 6.07) is 20.5. The van der Waals surface area contributed by atoms with Crippen LogP contribution in [0.25, 0.3) is 0 Å². The fraction of sp³-hybridized carbons (Fsp3) is 0.100. The minimum absolute atomic E-state index is 0.132. The van der Waals surface area contributed by atoms with Crippen LogP contribution in [-0.2, 0) is 6.54 Å². The van der Waals surface area contributed by atoms with Crippen LogP contribution in [0.5, 0.6) is 0 Å². The highest BCUT2D eigenvalue weighted by atomic mass is 32.2. The number of amides is 1. The summed E-state index contributed by atoms with van der Waals surface area (Å²) in [5, 5.41) is 2.80. The van der Waals surface area contributed by atoms with E-state index in [1.54, 1.807) is 34.7 Å². The average Bonchev–Trinajstić information content (AvgIpc) is 2.64.